The van der Waals surface area contributed by atoms with Gasteiger partial charge in [0.05, 0.1) is 6.54 Å². The van der Waals surface area contributed by atoms with Gasteiger partial charge in [-0.1, -0.05) is 0 Å². The van der Waals surface area contributed by atoms with Crippen LogP contribution in [0.5, 0.6) is 0 Å². The van der Waals surface area contributed by atoms with E-state index in [4.69, 9.17) is 0 Å². The first-order chi connectivity index (χ1) is 5.02. The second kappa shape index (κ2) is 2.94. The molecule has 1 fully saturated rings. The molecular weight excluding hydrogens is 138 g/mol. The summed E-state index contributed by atoms with van der Waals surface area (Å²) in [7, 11) is 0. The number of Topliss-reactive ketones (excluding diaryl/α,β-unsaturated/α-hetero) is 1. The summed E-state index contributed by atoms with van der Waals surface area (Å²) in [6, 6.07) is 0. The SMILES string of the molecule is CC(=O)CN1CCCC1(C)C. The highest BCUT2D eigenvalue weighted by Crippen LogP contribution is 2.27. The van der Waals surface area contributed by atoms with Crippen LogP contribution >= 0.6 is 0 Å². The zero-order valence-electron chi connectivity index (χ0n) is 7.68. The van der Waals surface area contributed by atoms with Crippen molar-refractivity contribution in [2.24, 2.45) is 0 Å². The first-order valence-electron chi connectivity index (χ1n) is 4.27. The number of nitrogens with zero attached hydrogens (tertiary/aromatic N) is 1. The Morgan fingerprint density at radius 3 is 2.55 bits per heavy atom. The fraction of sp³-hybridized carbons (Fsp3) is 0.889. The van der Waals surface area contributed by atoms with E-state index >= 15 is 0 Å². The monoisotopic (exact) mass is 155 g/mol. The zero-order chi connectivity index (χ0) is 8.48. The Balaban J connectivity index is 2.51. The topological polar surface area (TPSA) is 20.3 Å². The van der Waals surface area contributed by atoms with E-state index in [9.17, 15) is 4.79 Å². The van der Waals surface area contributed by atoms with E-state index in [0.717, 1.165) is 6.54 Å². The van der Waals surface area contributed by atoms with Crippen molar-refractivity contribution in [3.05, 3.63) is 0 Å². The Bertz CT molecular complexity index is 163. The molecule has 11 heavy (non-hydrogen) atoms. The van der Waals surface area contributed by atoms with Crippen LogP contribution in [0.4, 0.5) is 0 Å². The normalized spacial score (nSPS) is 23.9. The Hall–Kier alpha value is -0.370. The van der Waals surface area contributed by atoms with Gasteiger partial charge in [0.2, 0.25) is 0 Å². The molecule has 64 valence electrons. The third kappa shape index (κ3) is 2.03. The zero-order valence-corrected chi connectivity index (χ0v) is 7.68. The standard InChI is InChI=1S/C9H17NO/c1-8(11)7-10-6-4-5-9(10,2)3/h4-7H2,1-3H3. The molecule has 0 aromatic carbocycles. The van der Waals surface area contributed by atoms with E-state index in [0.29, 0.717) is 6.54 Å². The minimum atomic E-state index is 0.256. The van der Waals surface area contributed by atoms with Crippen LogP contribution in [0.2, 0.25) is 0 Å². The van der Waals surface area contributed by atoms with Crippen LogP contribution in [-0.2, 0) is 4.79 Å². The van der Waals surface area contributed by atoms with Crippen LogP contribution in [0.3, 0.4) is 0 Å². The molecule has 1 heterocycles. The third-order valence-corrected chi connectivity index (χ3v) is 2.49. The van der Waals surface area contributed by atoms with Crippen LogP contribution in [0, 0.1) is 0 Å². The number of hydrogen-bond donors (Lipinski definition) is 0. The van der Waals surface area contributed by atoms with Gasteiger partial charge in [-0.15, -0.1) is 0 Å². The van der Waals surface area contributed by atoms with Crippen molar-refractivity contribution in [1.82, 2.24) is 4.90 Å². The predicted molar refractivity (Wildman–Crippen MR) is 45.6 cm³/mol. The van der Waals surface area contributed by atoms with Crippen LogP contribution in [0.25, 0.3) is 0 Å². The lowest BCUT2D eigenvalue weighted by atomic mass is 10.0. The molecule has 1 saturated heterocycles. The molecule has 0 radical (unpaired) electrons. The maximum atomic E-state index is 10.8. The summed E-state index contributed by atoms with van der Waals surface area (Å²) < 4.78 is 0. The smallest absolute Gasteiger partial charge is 0.143 e. The largest absolute Gasteiger partial charge is 0.299 e. The van der Waals surface area contributed by atoms with Crippen molar-refractivity contribution in [1.29, 1.82) is 0 Å². The van der Waals surface area contributed by atoms with Crippen molar-refractivity contribution >= 4 is 5.78 Å². The van der Waals surface area contributed by atoms with Crippen LogP contribution in [0.15, 0.2) is 0 Å². The fourth-order valence-electron chi connectivity index (χ4n) is 1.73. The van der Waals surface area contributed by atoms with E-state index in [1.54, 1.807) is 6.92 Å². The van der Waals surface area contributed by atoms with Gasteiger partial charge in [-0.3, -0.25) is 9.69 Å². The molecule has 0 bridgehead atoms. The van der Waals surface area contributed by atoms with E-state index in [2.05, 4.69) is 18.7 Å². The summed E-state index contributed by atoms with van der Waals surface area (Å²) in [5.74, 6) is 0.278. The Labute approximate surface area is 68.6 Å². The molecule has 0 aromatic heterocycles. The Morgan fingerprint density at radius 2 is 2.18 bits per heavy atom. The average molecular weight is 155 g/mol. The summed E-state index contributed by atoms with van der Waals surface area (Å²) in [6.45, 7) is 7.81. The molecule has 0 N–H and O–H groups in total. The Kier molecular flexibility index (Phi) is 2.33. The van der Waals surface area contributed by atoms with Crippen molar-refractivity contribution < 1.29 is 4.79 Å². The molecule has 0 atom stereocenters. The molecule has 2 heteroatoms. The summed E-state index contributed by atoms with van der Waals surface area (Å²) >= 11 is 0. The van der Waals surface area contributed by atoms with Gasteiger partial charge < -0.3 is 0 Å². The number of rotatable bonds is 2. The first-order valence-corrected chi connectivity index (χ1v) is 4.27. The van der Waals surface area contributed by atoms with E-state index in [1.165, 1.54) is 12.8 Å². The molecule has 0 unspecified atom stereocenters. The lowest BCUT2D eigenvalue weighted by molar-refractivity contribution is -0.118. The lowest BCUT2D eigenvalue weighted by Crippen LogP contribution is -2.40. The van der Waals surface area contributed by atoms with Gasteiger partial charge in [-0.05, 0) is 40.2 Å². The predicted octanol–water partition coefficient (Wildman–Crippen LogP) is 1.45. The highest BCUT2D eigenvalue weighted by molar-refractivity contribution is 5.77. The number of ketones is 1. The molecule has 0 amide bonds. The second-order valence-corrected chi connectivity index (χ2v) is 4.04. The molecule has 2 nitrogen and oxygen atoms in total. The van der Waals surface area contributed by atoms with Crippen molar-refractivity contribution in [2.45, 2.75) is 39.2 Å². The molecule has 1 aliphatic heterocycles. The van der Waals surface area contributed by atoms with Gasteiger partial charge in [0.25, 0.3) is 0 Å². The van der Waals surface area contributed by atoms with Crippen molar-refractivity contribution in [2.75, 3.05) is 13.1 Å². The summed E-state index contributed by atoms with van der Waals surface area (Å²) in [6.07, 6.45) is 2.46. The van der Waals surface area contributed by atoms with Crippen molar-refractivity contribution in [3.8, 4) is 0 Å². The van der Waals surface area contributed by atoms with Gasteiger partial charge in [0.1, 0.15) is 5.78 Å². The molecule has 1 aliphatic rings. The van der Waals surface area contributed by atoms with Crippen LogP contribution in [-0.4, -0.2) is 29.3 Å². The maximum Gasteiger partial charge on any atom is 0.143 e. The van der Waals surface area contributed by atoms with Gasteiger partial charge in [-0.2, -0.15) is 0 Å². The van der Waals surface area contributed by atoms with Crippen LogP contribution in [0.1, 0.15) is 33.6 Å². The van der Waals surface area contributed by atoms with Gasteiger partial charge in [0, 0.05) is 5.54 Å². The lowest BCUT2D eigenvalue weighted by Gasteiger charge is -2.30. The average Bonchev–Trinajstić information content (AvgIpc) is 2.10. The van der Waals surface area contributed by atoms with E-state index in [1.807, 2.05) is 0 Å². The van der Waals surface area contributed by atoms with E-state index in [-0.39, 0.29) is 11.3 Å². The number of carbonyl (C=O) groups is 1. The number of hydrogen-bond acceptors (Lipinski definition) is 2. The minimum Gasteiger partial charge on any atom is -0.299 e. The van der Waals surface area contributed by atoms with E-state index < -0.39 is 0 Å². The minimum absolute atomic E-state index is 0.256. The first kappa shape index (κ1) is 8.72. The Morgan fingerprint density at radius 1 is 1.55 bits per heavy atom. The summed E-state index contributed by atoms with van der Waals surface area (Å²) in [4.78, 5) is 13.1. The second-order valence-electron chi connectivity index (χ2n) is 4.04. The molecular formula is C9H17NO. The number of carbonyl (C=O) groups excluding carboxylic acids is 1. The molecule has 0 saturated carbocycles. The summed E-state index contributed by atoms with van der Waals surface area (Å²) in [5, 5.41) is 0. The quantitative estimate of drug-likeness (QED) is 0.601. The number of likely N-dealkylation sites (tertiary alicyclic amines) is 1. The highest BCUT2D eigenvalue weighted by atomic mass is 16.1. The third-order valence-electron chi connectivity index (χ3n) is 2.49. The van der Waals surface area contributed by atoms with Crippen molar-refractivity contribution in [3.63, 3.8) is 0 Å². The van der Waals surface area contributed by atoms with Gasteiger partial charge >= 0.3 is 0 Å². The summed E-state index contributed by atoms with van der Waals surface area (Å²) in [5.41, 5.74) is 0.256. The van der Waals surface area contributed by atoms with Gasteiger partial charge in [0.15, 0.2) is 0 Å². The fourth-order valence-corrected chi connectivity index (χ4v) is 1.73. The maximum absolute atomic E-state index is 10.8. The molecule has 0 aromatic rings. The molecule has 1 rings (SSSR count). The van der Waals surface area contributed by atoms with Crippen LogP contribution < -0.4 is 0 Å². The van der Waals surface area contributed by atoms with Gasteiger partial charge in [-0.25, -0.2) is 0 Å². The molecule has 0 spiro atoms. The molecule has 0 aliphatic carbocycles. The highest BCUT2D eigenvalue weighted by Gasteiger charge is 2.31.